The van der Waals surface area contributed by atoms with Crippen molar-refractivity contribution in [2.24, 2.45) is 0 Å². The number of hydrogen-bond donors (Lipinski definition) is 1. The summed E-state index contributed by atoms with van der Waals surface area (Å²) in [5.41, 5.74) is 1.20. The van der Waals surface area contributed by atoms with Gasteiger partial charge >= 0.3 is 0 Å². The summed E-state index contributed by atoms with van der Waals surface area (Å²) in [5.74, 6) is -0.731. The molecule has 0 saturated heterocycles. The number of benzene rings is 3. The molecule has 0 bridgehead atoms. The van der Waals surface area contributed by atoms with Crippen molar-refractivity contribution in [2.45, 2.75) is 50.5 Å². The van der Waals surface area contributed by atoms with Crippen molar-refractivity contribution in [3.05, 3.63) is 95.5 Å². The summed E-state index contributed by atoms with van der Waals surface area (Å²) in [5, 5.41) is 3.13. The van der Waals surface area contributed by atoms with Gasteiger partial charge in [-0.2, -0.15) is 0 Å². The minimum atomic E-state index is -4.14. The van der Waals surface area contributed by atoms with Gasteiger partial charge in [0, 0.05) is 13.1 Å². The Hall–Kier alpha value is -3.36. The average Bonchev–Trinajstić information content (AvgIpc) is 2.95. The predicted molar refractivity (Wildman–Crippen MR) is 156 cm³/mol. The fraction of sp³-hybridized carbons (Fsp3) is 0.333. The Kier molecular flexibility index (Phi) is 11.4. The summed E-state index contributed by atoms with van der Waals surface area (Å²) >= 11 is 6.43. The van der Waals surface area contributed by atoms with Crippen LogP contribution in [-0.2, 0) is 26.0 Å². The number of nitrogens with one attached hydrogen (secondary N) is 1. The standard InChI is InChI=1S/C30H36ClN3O4S/c1-3-5-21-32-30(36)27(4-2)33(22-20-24-14-8-6-9-15-24)29(35)23-34(28-19-13-12-18-26(28)31)39(37,38)25-16-10-7-11-17-25/h6-19,27H,3-5,20-23H2,1-2H3,(H,32,36). The molecular formula is C30H36ClN3O4S. The van der Waals surface area contributed by atoms with Gasteiger partial charge in [0.1, 0.15) is 12.6 Å². The molecule has 0 aromatic heterocycles. The van der Waals surface area contributed by atoms with Crippen molar-refractivity contribution in [3.63, 3.8) is 0 Å². The number of carbonyl (C=O) groups excluding carboxylic acids is 2. The van der Waals surface area contributed by atoms with Gasteiger partial charge in [-0.1, -0.05) is 92.5 Å². The molecule has 0 fully saturated rings. The third-order valence-corrected chi connectivity index (χ3v) is 8.52. The highest BCUT2D eigenvalue weighted by molar-refractivity contribution is 7.92. The summed E-state index contributed by atoms with van der Waals surface area (Å²) in [6, 6.07) is 23.4. The van der Waals surface area contributed by atoms with E-state index in [0.29, 0.717) is 19.4 Å². The summed E-state index contributed by atoms with van der Waals surface area (Å²) in [7, 11) is -4.14. The lowest BCUT2D eigenvalue weighted by molar-refractivity contribution is -0.139. The molecular weight excluding hydrogens is 534 g/mol. The number of nitrogens with zero attached hydrogens (tertiary/aromatic N) is 2. The smallest absolute Gasteiger partial charge is 0.264 e. The van der Waals surface area contributed by atoms with E-state index in [4.69, 9.17) is 11.6 Å². The molecule has 1 atom stereocenters. The SMILES string of the molecule is CCCCNC(=O)C(CC)N(CCc1ccccc1)C(=O)CN(c1ccccc1Cl)S(=O)(=O)c1ccccc1. The van der Waals surface area contributed by atoms with Crippen LogP contribution in [0.3, 0.4) is 0 Å². The van der Waals surface area contributed by atoms with Crippen LogP contribution in [0, 0.1) is 0 Å². The van der Waals surface area contributed by atoms with Gasteiger partial charge < -0.3 is 10.2 Å². The molecule has 0 aliphatic heterocycles. The maximum atomic E-state index is 14.0. The van der Waals surface area contributed by atoms with Crippen LogP contribution in [0.15, 0.2) is 89.8 Å². The van der Waals surface area contributed by atoms with Crippen molar-refractivity contribution in [1.29, 1.82) is 0 Å². The number of amides is 2. The third-order valence-electron chi connectivity index (χ3n) is 6.43. The molecule has 2 amide bonds. The number of anilines is 1. The highest BCUT2D eigenvalue weighted by Crippen LogP contribution is 2.30. The van der Waals surface area contributed by atoms with E-state index >= 15 is 0 Å². The molecule has 1 N–H and O–H groups in total. The maximum absolute atomic E-state index is 14.0. The molecule has 0 saturated carbocycles. The van der Waals surface area contributed by atoms with Crippen LogP contribution in [0.5, 0.6) is 0 Å². The molecule has 0 heterocycles. The molecule has 3 rings (SSSR count). The van der Waals surface area contributed by atoms with Crippen molar-refractivity contribution in [3.8, 4) is 0 Å². The van der Waals surface area contributed by atoms with Gasteiger partial charge in [0.15, 0.2) is 0 Å². The first-order chi connectivity index (χ1) is 18.8. The Morgan fingerprint density at radius 3 is 2.13 bits per heavy atom. The first kappa shape index (κ1) is 30.2. The van der Waals surface area contributed by atoms with Gasteiger partial charge in [0.2, 0.25) is 11.8 Å². The number of halogens is 1. The van der Waals surface area contributed by atoms with Crippen molar-refractivity contribution < 1.29 is 18.0 Å². The summed E-state index contributed by atoms with van der Waals surface area (Å²) in [6.45, 7) is 4.15. The van der Waals surface area contributed by atoms with Crippen LogP contribution >= 0.6 is 11.6 Å². The lowest BCUT2D eigenvalue weighted by Crippen LogP contribution is -2.53. The molecule has 3 aromatic rings. The van der Waals surface area contributed by atoms with Crippen LogP contribution in [0.4, 0.5) is 5.69 Å². The molecule has 7 nitrogen and oxygen atoms in total. The van der Waals surface area contributed by atoms with Gasteiger partial charge in [-0.05, 0) is 49.1 Å². The summed E-state index contributed by atoms with van der Waals surface area (Å²) < 4.78 is 28.6. The van der Waals surface area contributed by atoms with Gasteiger partial charge in [-0.3, -0.25) is 13.9 Å². The Labute approximate surface area is 236 Å². The third kappa shape index (κ3) is 8.07. The van der Waals surface area contributed by atoms with Crippen molar-refractivity contribution in [1.82, 2.24) is 10.2 Å². The van der Waals surface area contributed by atoms with E-state index in [1.807, 2.05) is 44.2 Å². The van der Waals surface area contributed by atoms with Crippen LogP contribution in [-0.4, -0.2) is 50.8 Å². The Morgan fingerprint density at radius 2 is 1.51 bits per heavy atom. The van der Waals surface area contributed by atoms with Crippen molar-refractivity contribution in [2.75, 3.05) is 23.9 Å². The molecule has 9 heteroatoms. The molecule has 0 aliphatic carbocycles. The molecule has 1 unspecified atom stereocenters. The highest BCUT2D eigenvalue weighted by Gasteiger charge is 2.34. The molecule has 0 aliphatic rings. The molecule has 39 heavy (non-hydrogen) atoms. The Balaban J connectivity index is 1.98. The van der Waals surface area contributed by atoms with E-state index < -0.39 is 28.5 Å². The second-order valence-electron chi connectivity index (χ2n) is 9.17. The van der Waals surface area contributed by atoms with Crippen LogP contribution in [0.25, 0.3) is 0 Å². The van der Waals surface area contributed by atoms with E-state index in [2.05, 4.69) is 5.32 Å². The van der Waals surface area contributed by atoms with E-state index in [1.54, 1.807) is 42.5 Å². The minimum Gasteiger partial charge on any atom is -0.354 e. The first-order valence-electron chi connectivity index (χ1n) is 13.2. The number of unbranched alkanes of at least 4 members (excludes halogenated alkanes) is 1. The highest BCUT2D eigenvalue weighted by atomic mass is 35.5. The van der Waals surface area contributed by atoms with Crippen molar-refractivity contribution >= 4 is 39.1 Å². The fourth-order valence-corrected chi connectivity index (χ4v) is 6.03. The lowest BCUT2D eigenvalue weighted by Gasteiger charge is -2.33. The predicted octanol–water partition coefficient (Wildman–Crippen LogP) is 5.30. The Bertz CT molecular complexity index is 1320. The minimum absolute atomic E-state index is 0.0397. The monoisotopic (exact) mass is 569 g/mol. The molecule has 208 valence electrons. The van der Waals surface area contributed by atoms with Gasteiger partial charge in [-0.25, -0.2) is 8.42 Å². The molecule has 3 aromatic carbocycles. The molecule has 0 radical (unpaired) electrons. The molecule has 0 spiro atoms. The summed E-state index contributed by atoms with van der Waals surface area (Å²) in [6.07, 6.45) is 2.66. The quantitative estimate of drug-likeness (QED) is 0.267. The first-order valence-corrected chi connectivity index (χ1v) is 15.0. The number of para-hydroxylation sites is 1. The fourth-order valence-electron chi connectivity index (χ4n) is 4.29. The van der Waals surface area contributed by atoms with Gasteiger partial charge in [0.05, 0.1) is 15.6 Å². The summed E-state index contributed by atoms with van der Waals surface area (Å²) in [4.78, 5) is 28.7. The van der Waals surface area contributed by atoms with E-state index in [0.717, 1.165) is 22.7 Å². The number of hydrogen-bond acceptors (Lipinski definition) is 4. The number of carbonyl (C=O) groups is 2. The average molecular weight is 570 g/mol. The van der Waals surface area contributed by atoms with Gasteiger partial charge in [-0.15, -0.1) is 0 Å². The normalized spacial score (nSPS) is 12.0. The second kappa shape index (κ2) is 14.7. The second-order valence-corrected chi connectivity index (χ2v) is 11.4. The largest absolute Gasteiger partial charge is 0.354 e. The van der Waals surface area contributed by atoms with E-state index in [-0.39, 0.29) is 28.1 Å². The van der Waals surface area contributed by atoms with Gasteiger partial charge in [0.25, 0.3) is 10.0 Å². The lowest BCUT2D eigenvalue weighted by atomic mass is 10.1. The maximum Gasteiger partial charge on any atom is 0.264 e. The van der Waals surface area contributed by atoms with Crippen LogP contribution in [0.2, 0.25) is 5.02 Å². The van der Waals surface area contributed by atoms with Crippen LogP contribution < -0.4 is 9.62 Å². The zero-order chi connectivity index (χ0) is 28.3. The zero-order valence-corrected chi connectivity index (χ0v) is 24.0. The van der Waals surface area contributed by atoms with E-state index in [9.17, 15) is 18.0 Å². The topological polar surface area (TPSA) is 86.8 Å². The number of rotatable bonds is 14. The number of sulfonamides is 1. The zero-order valence-electron chi connectivity index (χ0n) is 22.4. The van der Waals surface area contributed by atoms with Crippen LogP contribution in [0.1, 0.15) is 38.7 Å². The Morgan fingerprint density at radius 1 is 0.897 bits per heavy atom. The van der Waals surface area contributed by atoms with E-state index in [1.165, 1.54) is 17.0 Å².